The summed E-state index contributed by atoms with van der Waals surface area (Å²) in [5.41, 5.74) is 1.25. The van der Waals surface area contributed by atoms with Crippen LogP contribution in [-0.2, 0) is 16.3 Å². The van der Waals surface area contributed by atoms with Crippen molar-refractivity contribution in [3.63, 3.8) is 0 Å². The van der Waals surface area contributed by atoms with Crippen molar-refractivity contribution < 1.29 is 26.1 Å². The van der Waals surface area contributed by atoms with E-state index in [0.29, 0.717) is 29.0 Å². The van der Waals surface area contributed by atoms with Gasteiger partial charge in [0.25, 0.3) is 10.1 Å². The molecule has 1 aromatic carbocycles. The Balaban J connectivity index is 2.23. The van der Waals surface area contributed by atoms with E-state index in [2.05, 4.69) is 4.99 Å². The van der Waals surface area contributed by atoms with Gasteiger partial charge in [0, 0.05) is 16.8 Å². The maximum atomic E-state index is 12.8. The van der Waals surface area contributed by atoms with E-state index < -0.39 is 21.9 Å². The summed E-state index contributed by atoms with van der Waals surface area (Å²) in [6, 6.07) is 3.35. The van der Waals surface area contributed by atoms with Crippen LogP contribution < -0.4 is 0 Å². The number of hydrogen-bond acceptors (Lipinski definition) is 3. The van der Waals surface area contributed by atoms with E-state index in [0.717, 1.165) is 12.1 Å². The van der Waals surface area contributed by atoms with Crippen LogP contribution in [0.4, 0.5) is 18.9 Å². The van der Waals surface area contributed by atoms with Gasteiger partial charge in [-0.2, -0.15) is 21.6 Å². The van der Waals surface area contributed by atoms with Crippen LogP contribution in [0.25, 0.3) is 5.57 Å². The third-order valence-corrected chi connectivity index (χ3v) is 4.05. The van der Waals surface area contributed by atoms with Gasteiger partial charge in [-0.3, -0.25) is 9.55 Å². The lowest BCUT2D eigenvalue weighted by atomic mass is 9.99. The van der Waals surface area contributed by atoms with Crippen LogP contribution in [0.2, 0.25) is 0 Å². The first-order chi connectivity index (χ1) is 10.1. The molecule has 0 aliphatic carbocycles. The molecule has 0 bridgehead atoms. The molecule has 0 unspecified atom stereocenters. The van der Waals surface area contributed by atoms with Gasteiger partial charge in [0.2, 0.25) is 0 Å². The normalized spacial score (nSPS) is 16.8. The highest BCUT2D eigenvalue weighted by atomic mass is 32.2. The first-order valence-corrected chi connectivity index (χ1v) is 8.11. The molecule has 22 heavy (non-hydrogen) atoms. The van der Waals surface area contributed by atoms with Crippen LogP contribution in [0, 0.1) is 0 Å². The van der Waals surface area contributed by atoms with Gasteiger partial charge >= 0.3 is 6.18 Å². The Kier molecular flexibility index (Phi) is 4.44. The van der Waals surface area contributed by atoms with E-state index in [9.17, 15) is 21.6 Å². The molecule has 0 saturated carbocycles. The van der Waals surface area contributed by atoms with Crippen molar-refractivity contribution in [3.8, 4) is 0 Å². The van der Waals surface area contributed by atoms with E-state index in [1.165, 1.54) is 6.07 Å². The fraction of sp³-hybridized carbons (Fsp3) is 0.357. The summed E-state index contributed by atoms with van der Waals surface area (Å²) >= 11 is 0. The van der Waals surface area contributed by atoms with E-state index in [4.69, 9.17) is 4.55 Å². The average molecular weight is 333 g/mol. The van der Waals surface area contributed by atoms with Gasteiger partial charge in [-0.05, 0) is 38.0 Å². The van der Waals surface area contributed by atoms with Crippen LogP contribution >= 0.6 is 0 Å². The van der Waals surface area contributed by atoms with Crippen molar-refractivity contribution in [1.29, 1.82) is 0 Å². The monoisotopic (exact) mass is 333 g/mol. The second kappa shape index (κ2) is 5.85. The molecule has 1 heterocycles. The molecular formula is C14H14F3NO3S. The molecule has 1 aliphatic rings. The van der Waals surface area contributed by atoms with Gasteiger partial charge in [-0.1, -0.05) is 6.08 Å². The highest BCUT2D eigenvalue weighted by molar-refractivity contribution is 7.85. The number of allylic oxidation sites excluding steroid dienone is 2. The lowest BCUT2D eigenvalue weighted by Crippen LogP contribution is -2.05. The minimum absolute atomic E-state index is 0.184. The average Bonchev–Trinajstić information content (AvgIpc) is 2.67. The minimum atomic E-state index is -4.43. The van der Waals surface area contributed by atoms with Crippen molar-refractivity contribution in [2.24, 2.45) is 4.99 Å². The fourth-order valence-electron chi connectivity index (χ4n) is 2.23. The number of benzene rings is 1. The van der Waals surface area contributed by atoms with E-state index in [1.54, 1.807) is 13.0 Å². The fourth-order valence-corrected chi connectivity index (χ4v) is 2.76. The minimum Gasteiger partial charge on any atom is -0.286 e. The first kappa shape index (κ1) is 16.7. The standard InChI is InChI=1S/C14H14F3NO3S/c1-9-11(4-2-3-7-22(19,20)21)12-8-10(14(15,16)17)5-6-13(12)18-9/h4-6,8H,2-3,7H2,1H3,(H,19,20,21)/b11-4+. The predicted molar refractivity (Wildman–Crippen MR) is 77.8 cm³/mol. The van der Waals surface area contributed by atoms with Crippen LogP contribution in [0.15, 0.2) is 29.3 Å². The largest absolute Gasteiger partial charge is 0.416 e. The zero-order chi connectivity index (χ0) is 16.5. The topological polar surface area (TPSA) is 66.7 Å². The molecule has 1 aromatic rings. The molecule has 4 nitrogen and oxygen atoms in total. The number of hydrogen-bond donors (Lipinski definition) is 1. The summed E-state index contributed by atoms with van der Waals surface area (Å²) in [6.07, 6.45) is -2.28. The van der Waals surface area contributed by atoms with Crippen LogP contribution in [0.1, 0.15) is 30.9 Å². The molecule has 0 amide bonds. The number of halogens is 3. The Morgan fingerprint density at radius 3 is 2.59 bits per heavy atom. The molecule has 0 saturated heterocycles. The maximum Gasteiger partial charge on any atom is 0.416 e. The molecule has 120 valence electrons. The zero-order valence-corrected chi connectivity index (χ0v) is 12.5. The number of rotatable bonds is 4. The number of alkyl halides is 3. The van der Waals surface area contributed by atoms with Gasteiger partial charge < -0.3 is 0 Å². The molecule has 2 rings (SSSR count). The van der Waals surface area contributed by atoms with Gasteiger partial charge in [0.05, 0.1) is 17.0 Å². The van der Waals surface area contributed by atoms with Crippen molar-refractivity contribution in [2.45, 2.75) is 25.9 Å². The SMILES string of the molecule is CC1=Nc2ccc(C(F)(F)F)cc2/C1=C/CCCS(=O)(=O)O. The van der Waals surface area contributed by atoms with E-state index in [-0.39, 0.29) is 12.2 Å². The molecule has 0 radical (unpaired) electrons. The molecule has 0 atom stereocenters. The number of fused-ring (bicyclic) bond motifs is 1. The highest BCUT2D eigenvalue weighted by Gasteiger charge is 2.32. The van der Waals surface area contributed by atoms with Crippen molar-refractivity contribution in [1.82, 2.24) is 0 Å². The first-order valence-electron chi connectivity index (χ1n) is 6.50. The van der Waals surface area contributed by atoms with Gasteiger partial charge in [-0.15, -0.1) is 0 Å². The number of nitrogens with zero attached hydrogens (tertiary/aromatic N) is 1. The summed E-state index contributed by atoms with van der Waals surface area (Å²) in [5.74, 6) is -0.386. The maximum absolute atomic E-state index is 12.8. The smallest absolute Gasteiger partial charge is 0.286 e. The summed E-state index contributed by atoms with van der Waals surface area (Å²) < 4.78 is 68.2. The van der Waals surface area contributed by atoms with Crippen LogP contribution in [0.5, 0.6) is 0 Å². The van der Waals surface area contributed by atoms with Gasteiger partial charge in [0.15, 0.2) is 0 Å². The molecule has 0 aromatic heterocycles. The van der Waals surface area contributed by atoms with Crippen molar-refractivity contribution >= 4 is 27.1 Å². The van der Waals surface area contributed by atoms with Crippen LogP contribution in [-0.4, -0.2) is 24.4 Å². The van der Waals surface area contributed by atoms with E-state index >= 15 is 0 Å². The predicted octanol–water partition coefficient (Wildman–Crippen LogP) is 3.86. The summed E-state index contributed by atoms with van der Waals surface area (Å²) in [4.78, 5) is 4.20. The summed E-state index contributed by atoms with van der Waals surface area (Å²) in [7, 11) is -4.03. The Bertz CT molecular complexity index is 749. The quantitative estimate of drug-likeness (QED) is 0.672. The lowest BCUT2D eigenvalue weighted by molar-refractivity contribution is -0.137. The lowest BCUT2D eigenvalue weighted by Gasteiger charge is -2.09. The number of aliphatic imine (C=N–C) groups is 1. The second-order valence-electron chi connectivity index (χ2n) is 4.97. The summed E-state index contributed by atoms with van der Waals surface area (Å²) in [5, 5.41) is 0. The third kappa shape index (κ3) is 3.95. The second-order valence-corrected chi connectivity index (χ2v) is 6.55. The van der Waals surface area contributed by atoms with Gasteiger partial charge in [0.1, 0.15) is 0 Å². The summed E-state index contributed by atoms with van der Waals surface area (Å²) in [6.45, 7) is 1.68. The highest BCUT2D eigenvalue weighted by Crippen LogP contribution is 2.39. The molecule has 0 spiro atoms. The molecule has 1 N–H and O–H groups in total. The zero-order valence-electron chi connectivity index (χ0n) is 11.7. The molecule has 8 heteroatoms. The Morgan fingerprint density at radius 2 is 2.00 bits per heavy atom. The molecular weight excluding hydrogens is 319 g/mol. The number of unbranched alkanes of at least 4 members (excludes halogenated alkanes) is 1. The van der Waals surface area contributed by atoms with Crippen molar-refractivity contribution in [2.75, 3.05) is 5.75 Å². The Labute approximate surface area is 126 Å². The Morgan fingerprint density at radius 1 is 1.32 bits per heavy atom. The Hall–Kier alpha value is -1.67. The third-order valence-electron chi connectivity index (χ3n) is 3.25. The van der Waals surface area contributed by atoms with E-state index in [1.807, 2.05) is 0 Å². The molecule has 1 aliphatic heterocycles. The van der Waals surface area contributed by atoms with Gasteiger partial charge in [-0.25, -0.2) is 0 Å². The molecule has 0 fully saturated rings. The van der Waals surface area contributed by atoms with Crippen LogP contribution in [0.3, 0.4) is 0 Å². The van der Waals surface area contributed by atoms with Crippen molar-refractivity contribution in [3.05, 3.63) is 35.4 Å².